The van der Waals surface area contributed by atoms with E-state index in [0.717, 1.165) is 33.5 Å². The normalized spacial score (nSPS) is 10.9. The molecule has 1 N–H and O–H groups in total. The summed E-state index contributed by atoms with van der Waals surface area (Å²) in [4.78, 5) is 24.8. The maximum atomic E-state index is 13.7. The van der Waals surface area contributed by atoms with E-state index in [0.29, 0.717) is 5.69 Å². The molecule has 2 aromatic carbocycles. The Balaban J connectivity index is 1.60. The number of benzene rings is 2. The molecular formula is C19H12F2N4OS. The molecule has 0 bridgehead atoms. The standard InChI is InChI=1S/C19H12F2N4OS/c1-10-5-16-14(24-9-27-16)6-11(10)15-7-23-17(8-22-15)25-19(26)18-12(20)3-2-4-13(18)21/h2-9H,1H3,(H,23,25,26). The van der Waals surface area contributed by atoms with Crippen molar-refractivity contribution in [1.29, 1.82) is 0 Å². The van der Waals surface area contributed by atoms with Crippen LogP contribution in [0, 0.1) is 18.6 Å². The largest absolute Gasteiger partial charge is 0.305 e. The average Bonchev–Trinajstić information content (AvgIpc) is 3.09. The lowest BCUT2D eigenvalue weighted by molar-refractivity contribution is 0.101. The van der Waals surface area contributed by atoms with Gasteiger partial charge in [-0.2, -0.15) is 0 Å². The number of rotatable bonds is 3. The van der Waals surface area contributed by atoms with Crippen molar-refractivity contribution in [3.63, 3.8) is 0 Å². The third kappa shape index (κ3) is 3.26. The van der Waals surface area contributed by atoms with E-state index in [-0.39, 0.29) is 5.82 Å². The second-order valence-electron chi connectivity index (χ2n) is 5.82. The van der Waals surface area contributed by atoms with Crippen LogP contribution in [-0.2, 0) is 0 Å². The third-order valence-electron chi connectivity index (χ3n) is 4.04. The number of fused-ring (bicyclic) bond motifs is 1. The Kier molecular flexibility index (Phi) is 4.33. The van der Waals surface area contributed by atoms with Gasteiger partial charge in [-0.15, -0.1) is 11.3 Å². The molecule has 0 atom stereocenters. The van der Waals surface area contributed by atoms with Crippen molar-refractivity contribution >= 4 is 33.3 Å². The Labute approximate surface area is 156 Å². The zero-order valence-corrected chi connectivity index (χ0v) is 14.8. The van der Waals surface area contributed by atoms with Gasteiger partial charge in [-0.3, -0.25) is 9.78 Å². The highest BCUT2D eigenvalue weighted by molar-refractivity contribution is 7.16. The first kappa shape index (κ1) is 17.2. The van der Waals surface area contributed by atoms with Gasteiger partial charge < -0.3 is 5.32 Å². The van der Waals surface area contributed by atoms with E-state index in [1.165, 1.54) is 18.5 Å². The number of thiazole rings is 1. The molecule has 0 radical (unpaired) electrons. The van der Waals surface area contributed by atoms with Crippen LogP contribution in [0.3, 0.4) is 0 Å². The van der Waals surface area contributed by atoms with Crippen LogP contribution >= 0.6 is 11.3 Å². The Morgan fingerprint density at radius 1 is 1.07 bits per heavy atom. The molecule has 0 unspecified atom stereocenters. The van der Waals surface area contributed by atoms with E-state index in [1.807, 2.05) is 19.1 Å². The van der Waals surface area contributed by atoms with Crippen molar-refractivity contribution in [1.82, 2.24) is 15.0 Å². The highest BCUT2D eigenvalue weighted by atomic mass is 32.1. The number of aromatic nitrogens is 3. The second kappa shape index (κ2) is 6.81. The van der Waals surface area contributed by atoms with Crippen molar-refractivity contribution < 1.29 is 13.6 Å². The molecule has 134 valence electrons. The smallest absolute Gasteiger partial charge is 0.262 e. The minimum absolute atomic E-state index is 0.0961. The molecule has 5 nitrogen and oxygen atoms in total. The molecule has 0 fully saturated rings. The number of carbonyl (C=O) groups is 1. The number of nitrogens with one attached hydrogen (secondary N) is 1. The van der Waals surface area contributed by atoms with E-state index in [2.05, 4.69) is 20.3 Å². The van der Waals surface area contributed by atoms with Gasteiger partial charge in [0, 0.05) is 5.56 Å². The second-order valence-corrected chi connectivity index (χ2v) is 6.71. The number of carbonyl (C=O) groups excluding carboxylic acids is 1. The molecule has 0 aliphatic rings. The fraction of sp³-hybridized carbons (Fsp3) is 0.0526. The zero-order chi connectivity index (χ0) is 19.0. The Hall–Kier alpha value is -3.26. The van der Waals surface area contributed by atoms with Gasteiger partial charge in [-0.25, -0.2) is 18.7 Å². The van der Waals surface area contributed by atoms with Gasteiger partial charge in [0.15, 0.2) is 5.82 Å². The molecule has 0 aliphatic heterocycles. The third-order valence-corrected chi connectivity index (χ3v) is 4.83. The Bertz CT molecular complexity index is 1140. The number of nitrogens with zero attached hydrogens (tertiary/aromatic N) is 3. The Morgan fingerprint density at radius 2 is 1.85 bits per heavy atom. The predicted octanol–water partition coefficient (Wildman–Crippen LogP) is 4.59. The lowest BCUT2D eigenvalue weighted by Crippen LogP contribution is -2.16. The highest BCUT2D eigenvalue weighted by Gasteiger charge is 2.17. The molecule has 2 heterocycles. The summed E-state index contributed by atoms with van der Waals surface area (Å²) in [6.07, 6.45) is 2.84. The van der Waals surface area contributed by atoms with E-state index >= 15 is 0 Å². The van der Waals surface area contributed by atoms with Crippen LogP contribution in [0.15, 0.2) is 48.2 Å². The molecule has 8 heteroatoms. The number of anilines is 1. The highest BCUT2D eigenvalue weighted by Crippen LogP contribution is 2.28. The fourth-order valence-corrected chi connectivity index (χ4v) is 3.46. The predicted molar refractivity (Wildman–Crippen MR) is 99.7 cm³/mol. The fourth-order valence-electron chi connectivity index (χ4n) is 2.71. The summed E-state index contributed by atoms with van der Waals surface area (Å²) in [6.45, 7) is 1.97. The summed E-state index contributed by atoms with van der Waals surface area (Å²) in [5, 5.41) is 2.36. The van der Waals surface area contributed by atoms with Crippen molar-refractivity contribution in [3.8, 4) is 11.3 Å². The van der Waals surface area contributed by atoms with Crippen molar-refractivity contribution in [2.75, 3.05) is 5.32 Å². The van der Waals surface area contributed by atoms with E-state index < -0.39 is 23.1 Å². The number of hydrogen-bond acceptors (Lipinski definition) is 5. The van der Waals surface area contributed by atoms with Crippen LogP contribution in [0.4, 0.5) is 14.6 Å². The molecule has 2 aromatic heterocycles. The van der Waals surface area contributed by atoms with Crippen LogP contribution < -0.4 is 5.32 Å². The molecule has 1 amide bonds. The number of amides is 1. The van der Waals surface area contributed by atoms with Crippen LogP contribution in [0.2, 0.25) is 0 Å². The lowest BCUT2D eigenvalue weighted by atomic mass is 10.1. The topological polar surface area (TPSA) is 67.8 Å². The summed E-state index contributed by atoms with van der Waals surface area (Å²) >= 11 is 1.56. The number of halogens is 2. The molecule has 0 aliphatic carbocycles. The SMILES string of the molecule is Cc1cc2scnc2cc1-c1cnc(NC(=O)c2c(F)cccc2F)cn1. The minimum Gasteiger partial charge on any atom is -0.305 e. The van der Waals surface area contributed by atoms with Crippen molar-refractivity contribution in [2.45, 2.75) is 6.92 Å². The zero-order valence-electron chi connectivity index (χ0n) is 14.0. The van der Waals surface area contributed by atoms with Gasteiger partial charge in [0.05, 0.1) is 33.8 Å². The first-order chi connectivity index (χ1) is 13.0. The molecule has 27 heavy (non-hydrogen) atoms. The Morgan fingerprint density at radius 3 is 2.56 bits per heavy atom. The van der Waals surface area contributed by atoms with Crippen LogP contribution in [0.25, 0.3) is 21.5 Å². The molecule has 0 saturated heterocycles. The molecule has 4 rings (SSSR count). The average molecular weight is 382 g/mol. The molecular weight excluding hydrogens is 370 g/mol. The summed E-state index contributed by atoms with van der Waals surface area (Å²) < 4.78 is 28.5. The first-order valence-corrected chi connectivity index (χ1v) is 8.82. The van der Waals surface area contributed by atoms with E-state index in [4.69, 9.17) is 0 Å². The van der Waals surface area contributed by atoms with Gasteiger partial charge in [0.25, 0.3) is 5.91 Å². The molecule has 0 saturated carbocycles. The maximum Gasteiger partial charge on any atom is 0.262 e. The van der Waals surface area contributed by atoms with Crippen LogP contribution in [0.5, 0.6) is 0 Å². The minimum atomic E-state index is -0.940. The summed E-state index contributed by atoms with van der Waals surface area (Å²) in [7, 11) is 0. The van der Waals surface area contributed by atoms with E-state index in [1.54, 1.807) is 16.8 Å². The van der Waals surface area contributed by atoms with Gasteiger partial charge in [-0.05, 0) is 36.8 Å². The van der Waals surface area contributed by atoms with Gasteiger partial charge in [0.2, 0.25) is 0 Å². The summed E-state index contributed by atoms with van der Waals surface area (Å²) in [5.74, 6) is -2.71. The number of hydrogen-bond donors (Lipinski definition) is 1. The number of aryl methyl sites for hydroxylation is 1. The quantitative estimate of drug-likeness (QED) is 0.563. The van der Waals surface area contributed by atoms with Crippen LogP contribution in [0.1, 0.15) is 15.9 Å². The van der Waals surface area contributed by atoms with Gasteiger partial charge >= 0.3 is 0 Å². The monoisotopic (exact) mass is 382 g/mol. The van der Waals surface area contributed by atoms with Crippen molar-refractivity contribution in [2.24, 2.45) is 0 Å². The first-order valence-electron chi connectivity index (χ1n) is 7.94. The van der Waals surface area contributed by atoms with Crippen LogP contribution in [-0.4, -0.2) is 20.9 Å². The summed E-state index contributed by atoms with van der Waals surface area (Å²) in [5.41, 5.74) is 4.49. The summed E-state index contributed by atoms with van der Waals surface area (Å²) in [6, 6.07) is 7.19. The lowest BCUT2D eigenvalue weighted by Gasteiger charge is -2.08. The molecule has 4 aromatic rings. The van der Waals surface area contributed by atoms with E-state index in [9.17, 15) is 13.6 Å². The van der Waals surface area contributed by atoms with Crippen molar-refractivity contribution in [3.05, 3.63) is 71.0 Å². The maximum absolute atomic E-state index is 13.7. The van der Waals surface area contributed by atoms with Gasteiger partial charge in [0.1, 0.15) is 17.2 Å². The molecule has 0 spiro atoms. The van der Waals surface area contributed by atoms with Gasteiger partial charge in [-0.1, -0.05) is 6.07 Å².